The molecule has 2 aliphatic rings. The largest absolute Gasteiger partial charge is 0.393 e. The van der Waals surface area contributed by atoms with Crippen molar-refractivity contribution in [3.05, 3.63) is 28.8 Å². The predicted octanol–water partition coefficient (Wildman–Crippen LogP) is 3.31. The molecule has 2 atom stereocenters. The molecule has 0 amide bonds. The Hall–Kier alpha value is -1.27. The molecule has 2 aromatic rings. The number of thiophene rings is 1. The highest BCUT2D eigenvalue weighted by atomic mass is 32.1. The fourth-order valence-electron chi connectivity index (χ4n) is 3.30. The van der Waals surface area contributed by atoms with E-state index in [1.807, 2.05) is 16.1 Å². The van der Waals surface area contributed by atoms with E-state index in [-0.39, 0.29) is 24.8 Å². The van der Waals surface area contributed by atoms with Gasteiger partial charge in [-0.25, -0.2) is 13.8 Å². The lowest BCUT2D eigenvalue weighted by atomic mass is 9.76. The number of rotatable bonds is 3. The summed E-state index contributed by atoms with van der Waals surface area (Å²) in [7, 11) is 0. The average Bonchev–Trinajstić information content (AvgIpc) is 3.02. The van der Waals surface area contributed by atoms with Crippen LogP contribution in [0.4, 0.5) is 8.78 Å². The van der Waals surface area contributed by atoms with Gasteiger partial charge in [-0.2, -0.15) is 0 Å². The van der Waals surface area contributed by atoms with Crippen molar-refractivity contribution in [1.29, 1.82) is 0 Å². The van der Waals surface area contributed by atoms with E-state index in [0.29, 0.717) is 6.42 Å². The standard InChI is InChI=1S/C14H14F2N2OS/c15-14(16)4-8(5-14)12(19)3-10-13-9(1-2-20-13)11-6-17-7-18(10)11/h1-2,6-8,10,12,19H,3-5H2/t10-,12-/m0/s1. The molecule has 1 fully saturated rings. The third-order valence-electron chi connectivity index (χ3n) is 4.41. The maximum atomic E-state index is 12.9. The molecule has 106 valence electrons. The van der Waals surface area contributed by atoms with Crippen LogP contribution in [0.5, 0.6) is 0 Å². The highest BCUT2D eigenvalue weighted by Gasteiger charge is 2.49. The first-order valence-electron chi connectivity index (χ1n) is 6.71. The molecule has 3 heterocycles. The molecule has 1 aliphatic carbocycles. The highest BCUT2D eigenvalue weighted by molar-refractivity contribution is 7.10. The molecule has 6 heteroatoms. The van der Waals surface area contributed by atoms with Gasteiger partial charge in [0.15, 0.2) is 0 Å². The lowest BCUT2D eigenvalue weighted by Gasteiger charge is -2.38. The van der Waals surface area contributed by atoms with Gasteiger partial charge in [0, 0.05) is 23.3 Å². The Balaban J connectivity index is 1.56. The molecule has 3 nitrogen and oxygen atoms in total. The molecule has 0 unspecified atom stereocenters. The SMILES string of the molecule is O[C@@H](C[C@H]1c2sccc2-c2cncn21)C1CC(F)(F)C1. The molecule has 0 aromatic carbocycles. The number of hydrogen-bond acceptors (Lipinski definition) is 3. The Kier molecular flexibility index (Phi) is 2.57. The second-order valence-corrected chi connectivity index (χ2v) is 6.68. The summed E-state index contributed by atoms with van der Waals surface area (Å²) in [6, 6.07) is 2.09. The maximum Gasteiger partial charge on any atom is 0.248 e. The Bertz CT molecular complexity index is 603. The normalized spacial score (nSPS) is 25.1. The zero-order valence-electron chi connectivity index (χ0n) is 10.7. The molecule has 4 rings (SSSR count). The van der Waals surface area contributed by atoms with Crippen molar-refractivity contribution < 1.29 is 13.9 Å². The third kappa shape index (κ3) is 1.74. The van der Waals surface area contributed by atoms with E-state index in [1.54, 1.807) is 17.7 Å². The fraction of sp³-hybridized carbons (Fsp3) is 0.500. The van der Waals surface area contributed by atoms with Crippen LogP contribution in [-0.2, 0) is 0 Å². The van der Waals surface area contributed by atoms with Crippen LogP contribution >= 0.6 is 11.3 Å². The fourth-order valence-corrected chi connectivity index (χ4v) is 4.32. The van der Waals surface area contributed by atoms with Crippen molar-refractivity contribution in [1.82, 2.24) is 9.55 Å². The summed E-state index contributed by atoms with van der Waals surface area (Å²) in [5, 5.41) is 12.3. The van der Waals surface area contributed by atoms with Crippen LogP contribution in [0.1, 0.15) is 30.2 Å². The third-order valence-corrected chi connectivity index (χ3v) is 5.42. The lowest BCUT2D eigenvalue weighted by molar-refractivity contribution is -0.143. The van der Waals surface area contributed by atoms with Gasteiger partial charge in [-0.3, -0.25) is 0 Å². The van der Waals surface area contributed by atoms with Gasteiger partial charge in [-0.05, 0) is 23.8 Å². The minimum atomic E-state index is -2.57. The van der Waals surface area contributed by atoms with Crippen molar-refractivity contribution in [3.63, 3.8) is 0 Å². The van der Waals surface area contributed by atoms with Crippen LogP contribution in [0.2, 0.25) is 0 Å². The summed E-state index contributed by atoms with van der Waals surface area (Å²) in [5.41, 5.74) is 2.21. The second-order valence-electron chi connectivity index (χ2n) is 5.73. The highest BCUT2D eigenvalue weighted by Crippen LogP contribution is 2.49. The summed E-state index contributed by atoms with van der Waals surface area (Å²) < 4.78 is 27.9. The van der Waals surface area contributed by atoms with Crippen molar-refractivity contribution >= 4 is 11.3 Å². The van der Waals surface area contributed by atoms with Gasteiger partial charge < -0.3 is 9.67 Å². The van der Waals surface area contributed by atoms with E-state index in [0.717, 1.165) is 11.3 Å². The zero-order chi connectivity index (χ0) is 13.9. The monoisotopic (exact) mass is 296 g/mol. The topological polar surface area (TPSA) is 38.1 Å². The van der Waals surface area contributed by atoms with Crippen LogP contribution < -0.4 is 0 Å². The van der Waals surface area contributed by atoms with Crippen LogP contribution in [-0.4, -0.2) is 26.7 Å². The van der Waals surface area contributed by atoms with E-state index >= 15 is 0 Å². The van der Waals surface area contributed by atoms with Crippen molar-refractivity contribution in [3.8, 4) is 11.3 Å². The molecule has 1 aliphatic heterocycles. The van der Waals surface area contributed by atoms with E-state index in [1.165, 1.54) is 4.88 Å². The molecule has 1 saturated carbocycles. The quantitative estimate of drug-likeness (QED) is 0.943. The van der Waals surface area contributed by atoms with Crippen molar-refractivity contribution in [2.24, 2.45) is 5.92 Å². The van der Waals surface area contributed by atoms with Gasteiger partial charge in [-0.1, -0.05) is 0 Å². The number of nitrogens with zero attached hydrogens (tertiary/aromatic N) is 2. The number of fused-ring (bicyclic) bond motifs is 3. The van der Waals surface area contributed by atoms with Crippen LogP contribution in [0.15, 0.2) is 24.0 Å². The summed E-state index contributed by atoms with van der Waals surface area (Å²) in [6.45, 7) is 0. The van der Waals surface area contributed by atoms with Gasteiger partial charge in [0.1, 0.15) is 0 Å². The Labute approximate surface area is 118 Å². The van der Waals surface area contributed by atoms with E-state index in [2.05, 4.69) is 11.1 Å². The van der Waals surface area contributed by atoms with E-state index in [9.17, 15) is 13.9 Å². The molecule has 0 saturated heterocycles. The number of aromatic nitrogens is 2. The summed E-state index contributed by atoms with van der Waals surface area (Å²) in [6.07, 6.45) is 3.01. The summed E-state index contributed by atoms with van der Waals surface area (Å²) in [4.78, 5) is 5.35. The van der Waals surface area contributed by atoms with Crippen LogP contribution in [0.3, 0.4) is 0 Å². The smallest absolute Gasteiger partial charge is 0.248 e. The molecule has 0 spiro atoms. The molecular formula is C14H14F2N2OS. The van der Waals surface area contributed by atoms with E-state index in [4.69, 9.17) is 0 Å². The summed E-state index contributed by atoms with van der Waals surface area (Å²) in [5.74, 6) is -2.85. The van der Waals surface area contributed by atoms with E-state index < -0.39 is 12.0 Å². The Morgan fingerprint density at radius 3 is 3.05 bits per heavy atom. The molecule has 2 aromatic heterocycles. The van der Waals surface area contributed by atoms with Gasteiger partial charge >= 0.3 is 0 Å². The minimum absolute atomic E-state index is 0.0340. The molecule has 1 N–H and O–H groups in total. The number of alkyl halides is 2. The van der Waals surface area contributed by atoms with Gasteiger partial charge in [0.25, 0.3) is 0 Å². The first-order valence-corrected chi connectivity index (χ1v) is 7.58. The number of halogens is 2. The Morgan fingerprint density at radius 2 is 2.30 bits per heavy atom. The number of aliphatic hydroxyl groups excluding tert-OH is 1. The second kappa shape index (κ2) is 4.11. The van der Waals surface area contributed by atoms with Gasteiger partial charge in [-0.15, -0.1) is 11.3 Å². The summed E-state index contributed by atoms with van der Waals surface area (Å²) >= 11 is 1.65. The Morgan fingerprint density at radius 1 is 1.50 bits per heavy atom. The van der Waals surface area contributed by atoms with Crippen LogP contribution in [0.25, 0.3) is 11.3 Å². The number of aliphatic hydroxyl groups is 1. The predicted molar refractivity (Wildman–Crippen MR) is 72.0 cm³/mol. The molecule has 20 heavy (non-hydrogen) atoms. The minimum Gasteiger partial charge on any atom is -0.393 e. The molecule has 0 bridgehead atoms. The molecular weight excluding hydrogens is 282 g/mol. The number of hydrogen-bond donors (Lipinski definition) is 1. The maximum absolute atomic E-state index is 12.9. The van der Waals surface area contributed by atoms with Crippen molar-refractivity contribution in [2.75, 3.05) is 0 Å². The zero-order valence-corrected chi connectivity index (χ0v) is 11.5. The first-order chi connectivity index (χ1) is 9.55. The average molecular weight is 296 g/mol. The van der Waals surface area contributed by atoms with Crippen molar-refractivity contribution in [2.45, 2.75) is 37.3 Å². The first kappa shape index (κ1) is 12.5. The molecule has 0 radical (unpaired) electrons. The van der Waals surface area contributed by atoms with Gasteiger partial charge in [0.2, 0.25) is 5.92 Å². The number of imidazole rings is 1. The van der Waals surface area contributed by atoms with Gasteiger partial charge in [0.05, 0.1) is 30.4 Å². The lowest BCUT2D eigenvalue weighted by Crippen LogP contribution is -2.42. The van der Waals surface area contributed by atoms with Crippen LogP contribution in [0, 0.1) is 5.92 Å².